The van der Waals surface area contributed by atoms with Crippen LogP contribution in [0.2, 0.25) is 0 Å². The summed E-state index contributed by atoms with van der Waals surface area (Å²) in [6.07, 6.45) is -0.614. The maximum absolute atomic E-state index is 12.8. The lowest BCUT2D eigenvalue weighted by Crippen LogP contribution is -2.51. The molecule has 0 N–H and O–H groups in total. The van der Waals surface area contributed by atoms with Crippen LogP contribution in [0, 0.1) is 0 Å². The van der Waals surface area contributed by atoms with Gasteiger partial charge in [0.05, 0.1) is 24.6 Å². The molecule has 2 heterocycles. The molecule has 1 aromatic carbocycles. The Kier molecular flexibility index (Phi) is 5.98. The summed E-state index contributed by atoms with van der Waals surface area (Å²) in [5.41, 5.74) is 0. The first kappa shape index (κ1) is 19.6. The number of cyclic esters (lactones) is 1. The summed E-state index contributed by atoms with van der Waals surface area (Å²) in [5.74, 6) is 0.306. The van der Waals surface area contributed by atoms with Crippen LogP contribution in [0.3, 0.4) is 0 Å². The second kappa shape index (κ2) is 8.24. The van der Waals surface area contributed by atoms with Gasteiger partial charge in [-0.25, -0.2) is 18.1 Å². The first-order valence-electron chi connectivity index (χ1n) is 8.84. The Balaban J connectivity index is 1.56. The first-order valence-corrected chi connectivity index (χ1v) is 10.3. The number of benzene rings is 1. The molecule has 0 unspecified atom stereocenters. The minimum Gasteiger partial charge on any atom is -0.494 e. The molecule has 2 aliphatic rings. The summed E-state index contributed by atoms with van der Waals surface area (Å²) in [6.45, 7) is 4.36. The number of piperazine rings is 1. The van der Waals surface area contributed by atoms with Crippen molar-refractivity contribution in [3.8, 4) is 5.75 Å². The van der Waals surface area contributed by atoms with E-state index in [-0.39, 0.29) is 43.6 Å². The van der Waals surface area contributed by atoms with E-state index in [0.717, 1.165) is 4.90 Å². The fourth-order valence-corrected chi connectivity index (χ4v) is 4.47. The summed E-state index contributed by atoms with van der Waals surface area (Å²) in [5, 5.41) is 0. The Morgan fingerprint density at radius 3 is 2.33 bits per heavy atom. The largest absolute Gasteiger partial charge is 0.494 e. The molecule has 3 rings (SSSR count). The van der Waals surface area contributed by atoms with E-state index in [1.807, 2.05) is 11.8 Å². The fourth-order valence-electron chi connectivity index (χ4n) is 3.05. The van der Waals surface area contributed by atoms with Gasteiger partial charge in [0.15, 0.2) is 0 Å². The van der Waals surface area contributed by atoms with Crippen molar-refractivity contribution in [1.29, 1.82) is 0 Å². The third-order valence-corrected chi connectivity index (χ3v) is 6.44. The molecule has 0 radical (unpaired) electrons. The summed E-state index contributed by atoms with van der Waals surface area (Å²) in [7, 11) is -3.59. The summed E-state index contributed by atoms with van der Waals surface area (Å²) in [6, 6.07) is 6.35. The molecule has 2 aliphatic heterocycles. The van der Waals surface area contributed by atoms with Gasteiger partial charge in [-0.05, 0) is 31.2 Å². The molecular formula is C17H23N3O6S. The summed E-state index contributed by atoms with van der Waals surface area (Å²) in [4.78, 5) is 26.7. The zero-order valence-electron chi connectivity index (χ0n) is 15.2. The Morgan fingerprint density at radius 1 is 1.11 bits per heavy atom. The number of hydrogen-bond acceptors (Lipinski definition) is 7. The molecule has 0 atom stereocenters. The highest BCUT2D eigenvalue weighted by molar-refractivity contribution is 7.89. The van der Waals surface area contributed by atoms with Crippen molar-refractivity contribution < 1.29 is 27.5 Å². The van der Waals surface area contributed by atoms with Crippen LogP contribution >= 0.6 is 0 Å². The van der Waals surface area contributed by atoms with Crippen molar-refractivity contribution in [2.24, 2.45) is 0 Å². The van der Waals surface area contributed by atoms with Crippen molar-refractivity contribution in [2.45, 2.75) is 11.8 Å². The third kappa shape index (κ3) is 4.40. The number of sulfonamides is 1. The van der Waals surface area contributed by atoms with E-state index in [0.29, 0.717) is 25.4 Å². The maximum Gasteiger partial charge on any atom is 0.416 e. The van der Waals surface area contributed by atoms with Crippen molar-refractivity contribution in [3.05, 3.63) is 24.3 Å². The van der Waals surface area contributed by atoms with Crippen LogP contribution in [0.1, 0.15) is 6.92 Å². The zero-order chi connectivity index (χ0) is 19.4. The Hall–Kier alpha value is -2.17. The van der Waals surface area contributed by atoms with E-state index in [4.69, 9.17) is 9.47 Å². The molecule has 2 saturated heterocycles. The van der Waals surface area contributed by atoms with E-state index >= 15 is 0 Å². The molecule has 9 nitrogen and oxygen atoms in total. The van der Waals surface area contributed by atoms with Gasteiger partial charge in [-0.2, -0.15) is 4.31 Å². The number of carbonyl (C=O) groups is 2. The van der Waals surface area contributed by atoms with Crippen LogP contribution in [-0.4, -0.2) is 87.0 Å². The van der Waals surface area contributed by atoms with Crippen LogP contribution in [0.5, 0.6) is 5.75 Å². The number of ether oxygens (including phenoxy) is 2. The molecule has 1 aromatic rings. The van der Waals surface area contributed by atoms with Gasteiger partial charge in [-0.15, -0.1) is 0 Å². The Bertz CT molecular complexity index is 787. The second-order valence-electron chi connectivity index (χ2n) is 6.24. The Morgan fingerprint density at radius 2 is 1.78 bits per heavy atom. The number of carbonyl (C=O) groups excluding carboxylic acids is 2. The number of imide groups is 1. The van der Waals surface area contributed by atoms with Gasteiger partial charge in [0.25, 0.3) is 0 Å². The van der Waals surface area contributed by atoms with E-state index in [9.17, 15) is 18.0 Å². The van der Waals surface area contributed by atoms with Gasteiger partial charge in [0, 0.05) is 26.2 Å². The highest BCUT2D eigenvalue weighted by atomic mass is 32.2. The quantitative estimate of drug-likeness (QED) is 0.684. The van der Waals surface area contributed by atoms with Crippen molar-refractivity contribution >= 4 is 22.0 Å². The third-order valence-electron chi connectivity index (χ3n) is 4.52. The zero-order valence-corrected chi connectivity index (χ0v) is 16.0. The second-order valence-corrected chi connectivity index (χ2v) is 8.18. The highest BCUT2D eigenvalue weighted by Gasteiger charge is 2.32. The average Bonchev–Trinajstić information content (AvgIpc) is 3.09. The minimum absolute atomic E-state index is 0.0754. The molecule has 148 valence electrons. The standard InChI is InChI=1S/C17H23N3O6S/c1-2-25-14-3-5-15(6-4-14)27(23,24)19-9-7-18(8-10-19)13-16(21)20-11-12-26-17(20)22/h3-6H,2,7-13H2,1H3. The van der Waals surface area contributed by atoms with Crippen LogP contribution in [0.4, 0.5) is 4.79 Å². The van der Waals surface area contributed by atoms with E-state index in [1.54, 1.807) is 12.1 Å². The topological polar surface area (TPSA) is 96.5 Å². The minimum atomic E-state index is -3.59. The monoisotopic (exact) mass is 397 g/mol. The smallest absolute Gasteiger partial charge is 0.416 e. The first-order chi connectivity index (χ1) is 12.9. The van der Waals surface area contributed by atoms with Crippen LogP contribution in [0.25, 0.3) is 0 Å². The van der Waals surface area contributed by atoms with Crippen LogP contribution < -0.4 is 4.74 Å². The van der Waals surface area contributed by atoms with E-state index in [2.05, 4.69) is 0 Å². The van der Waals surface area contributed by atoms with Crippen LogP contribution in [-0.2, 0) is 19.6 Å². The molecule has 0 spiro atoms. The predicted octanol–water partition coefficient (Wildman–Crippen LogP) is 0.370. The van der Waals surface area contributed by atoms with Gasteiger partial charge < -0.3 is 9.47 Å². The molecule has 10 heteroatoms. The summed E-state index contributed by atoms with van der Waals surface area (Å²) < 4.78 is 37.0. The molecule has 0 aliphatic carbocycles. The lowest BCUT2D eigenvalue weighted by atomic mass is 10.3. The fraction of sp³-hybridized carbons (Fsp3) is 0.529. The van der Waals surface area contributed by atoms with Gasteiger partial charge in [0.1, 0.15) is 12.4 Å². The molecule has 27 heavy (non-hydrogen) atoms. The van der Waals surface area contributed by atoms with Gasteiger partial charge in [-0.1, -0.05) is 0 Å². The number of nitrogens with zero attached hydrogens (tertiary/aromatic N) is 3. The summed E-state index contributed by atoms with van der Waals surface area (Å²) >= 11 is 0. The van der Waals surface area contributed by atoms with Crippen LogP contribution in [0.15, 0.2) is 29.2 Å². The van der Waals surface area contributed by atoms with Gasteiger partial charge in [-0.3, -0.25) is 9.69 Å². The van der Waals surface area contributed by atoms with Crippen molar-refractivity contribution in [1.82, 2.24) is 14.1 Å². The molecule has 0 saturated carbocycles. The lowest BCUT2D eigenvalue weighted by molar-refractivity contribution is -0.129. The predicted molar refractivity (Wildman–Crippen MR) is 95.9 cm³/mol. The van der Waals surface area contributed by atoms with Gasteiger partial charge in [0.2, 0.25) is 15.9 Å². The number of amides is 2. The Labute approximate surface area is 158 Å². The molecular weight excluding hydrogens is 374 g/mol. The molecule has 0 bridgehead atoms. The molecule has 2 amide bonds. The number of hydrogen-bond donors (Lipinski definition) is 0. The highest BCUT2D eigenvalue weighted by Crippen LogP contribution is 2.21. The van der Waals surface area contributed by atoms with E-state index in [1.165, 1.54) is 16.4 Å². The molecule has 0 aromatic heterocycles. The van der Waals surface area contributed by atoms with Crippen molar-refractivity contribution in [2.75, 3.05) is 52.5 Å². The van der Waals surface area contributed by atoms with E-state index < -0.39 is 16.1 Å². The number of rotatable bonds is 6. The SMILES string of the molecule is CCOc1ccc(S(=O)(=O)N2CCN(CC(=O)N3CCOC3=O)CC2)cc1. The van der Waals surface area contributed by atoms with Crippen molar-refractivity contribution in [3.63, 3.8) is 0 Å². The average molecular weight is 397 g/mol. The van der Waals surface area contributed by atoms with Gasteiger partial charge >= 0.3 is 6.09 Å². The lowest BCUT2D eigenvalue weighted by Gasteiger charge is -2.33. The normalized spacial score (nSPS) is 19.1. The molecule has 2 fully saturated rings. The maximum atomic E-state index is 12.8.